The van der Waals surface area contributed by atoms with Crippen molar-refractivity contribution in [3.63, 3.8) is 0 Å². The Morgan fingerprint density at radius 1 is 0.955 bits per heavy atom. The highest BCUT2D eigenvalue weighted by Crippen LogP contribution is 2.36. The molecular weight excluding hydrogens is 561 g/mol. The maximum absolute atomic E-state index is 15.5. The van der Waals surface area contributed by atoms with Crippen molar-refractivity contribution in [1.82, 2.24) is 20.4 Å². The Labute approximate surface area is 260 Å². The van der Waals surface area contributed by atoms with Crippen LogP contribution in [0.4, 0.5) is 10.1 Å². The second kappa shape index (κ2) is 14.9. The van der Waals surface area contributed by atoms with E-state index in [4.69, 9.17) is 0 Å². The minimum atomic E-state index is -0.871. The summed E-state index contributed by atoms with van der Waals surface area (Å²) in [4.78, 5) is 52.5. The van der Waals surface area contributed by atoms with Gasteiger partial charge < -0.3 is 16.0 Å². The number of ketones is 1. The second-order valence-electron chi connectivity index (χ2n) is 12.8. The zero-order valence-electron chi connectivity index (χ0n) is 26.7. The molecule has 44 heavy (non-hydrogen) atoms. The molecule has 240 valence electrons. The summed E-state index contributed by atoms with van der Waals surface area (Å²) in [7, 11) is 0. The van der Waals surface area contributed by atoms with Gasteiger partial charge in [0.2, 0.25) is 17.7 Å². The van der Waals surface area contributed by atoms with Gasteiger partial charge in [-0.15, -0.1) is 0 Å². The number of carbonyl (C=O) groups is 4. The molecule has 0 unspecified atom stereocenters. The zero-order valence-corrected chi connectivity index (χ0v) is 26.7. The summed E-state index contributed by atoms with van der Waals surface area (Å²) >= 11 is 0. The van der Waals surface area contributed by atoms with Gasteiger partial charge in [0.15, 0.2) is 5.78 Å². The number of hydrogen-bond donors (Lipinski definition) is 3. The maximum Gasteiger partial charge on any atom is 0.243 e. The third kappa shape index (κ3) is 8.33. The topological polar surface area (TPSA) is 122 Å². The molecule has 2 saturated carbocycles. The summed E-state index contributed by atoms with van der Waals surface area (Å²) in [5, 5.41) is 12.8. The molecule has 2 aliphatic carbocycles. The Hall–Kier alpha value is -3.56. The predicted molar refractivity (Wildman–Crippen MR) is 167 cm³/mol. The number of hydrogen-bond acceptors (Lipinski definition) is 5. The first-order valence-corrected chi connectivity index (χ1v) is 16.3. The number of nitrogens with zero attached hydrogens (tertiary/aromatic N) is 2. The molecule has 2 fully saturated rings. The smallest absolute Gasteiger partial charge is 0.243 e. The first-order valence-electron chi connectivity index (χ1n) is 16.3. The molecule has 0 saturated heterocycles. The molecular formula is C34H48FN5O4. The van der Waals surface area contributed by atoms with Crippen LogP contribution in [0.2, 0.25) is 0 Å². The van der Waals surface area contributed by atoms with Crippen molar-refractivity contribution < 1.29 is 23.6 Å². The van der Waals surface area contributed by atoms with Gasteiger partial charge in [0, 0.05) is 43.5 Å². The Morgan fingerprint density at radius 3 is 2.25 bits per heavy atom. The number of Topliss-reactive ketones (excluding diaryl/α,β-unsaturated/α-hetero) is 1. The van der Waals surface area contributed by atoms with Crippen molar-refractivity contribution in [2.24, 2.45) is 23.7 Å². The fraction of sp³-hybridized carbons (Fsp3) is 0.618. The number of aromatic nitrogens is 2. The summed E-state index contributed by atoms with van der Waals surface area (Å²) in [6, 6.07) is 5.28. The molecule has 9 nitrogen and oxygen atoms in total. The minimum Gasteiger partial charge on any atom is -0.352 e. The average Bonchev–Trinajstić information content (AvgIpc) is 3.76. The summed E-state index contributed by atoms with van der Waals surface area (Å²) in [6.45, 7) is 10.1. The van der Waals surface area contributed by atoms with E-state index in [0.717, 1.165) is 38.5 Å². The van der Waals surface area contributed by atoms with Crippen LogP contribution in [0, 0.1) is 29.5 Å². The van der Waals surface area contributed by atoms with E-state index in [1.165, 1.54) is 12.1 Å². The van der Waals surface area contributed by atoms with E-state index >= 15 is 4.39 Å². The minimum absolute atomic E-state index is 0.000197. The van der Waals surface area contributed by atoms with Crippen LogP contribution in [0.25, 0.3) is 0 Å². The summed E-state index contributed by atoms with van der Waals surface area (Å²) in [5.74, 6) is -1.80. The van der Waals surface area contributed by atoms with Crippen LogP contribution in [0.15, 0.2) is 30.5 Å². The lowest BCUT2D eigenvalue weighted by molar-refractivity contribution is -0.129. The number of anilines is 1. The van der Waals surface area contributed by atoms with Gasteiger partial charge in [0.05, 0.1) is 5.69 Å². The number of aryl methyl sites for hydroxylation is 1. The van der Waals surface area contributed by atoms with Crippen LogP contribution in [-0.2, 0) is 20.9 Å². The summed E-state index contributed by atoms with van der Waals surface area (Å²) in [5.41, 5.74) is 1.02. The fourth-order valence-corrected chi connectivity index (χ4v) is 6.34. The van der Waals surface area contributed by atoms with Crippen molar-refractivity contribution in [2.45, 2.75) is 111 Å². The van der Waals surface area contributed by atoms with Crippen LogP contribution < -0.4 is 16.0 Å². The molecule has 3 N–H and O–H groups in total. The van der Waals surface area contributed by atoms with Crippen molar-refractivity contribution in [1.29, 1.82) is 0 Å². The Morgan fingerprint density at radius 2 is 1.64 bits per heavy atom. The van der Waals surface area contributed by atoms with Crippen LogP contribution in [0.1, 0.15) is 108 Å². The number of amides is 3. The van der Waals surface area contributed by atoms with E-state index in [9.17, 15) is 19.2 Å². The van der Waals surface area contributed by atoms with E-state index in [1.807, 2.05) is 13.8 Å². The van der Waals surface area contributed by atoms with Gasteiger partial charge in [0.25, 0.3) is 0 Å². The molecule has 0 bridgehead atoms. The van der Waals surface area contributed by atoms with Gasteiger partial charge in [-0.2, -0.15) is 5.10 Å². The van der Waals surface area contributed by atoms with Crippen molar-refractivity contribution in [3.05, 3.63) is 47.5 Å². The standard InChI is InChI=1S/C34H48FN5O4/c1-6-31(42)39-32(34(44)37-22(5)23-12-13-23)21(4)25-14-15-28(27(35)18-25)38-33(43)26(24-10-8-20(3)9-11-24)19-30(41)29-16-17-36-40(29)7-2/h14-18,20-24,26,32H,6-13,19H2,1-5H3,(H,37,44)(H,38,43)(H,39,42)/t20?,21-,22-,24?,26-,32+/m0/s1. The lowest BCUT2D eigenvalue weighted by atomic mass is 9.74. The van der Waals surface area contributed by atoms with Gasteiger partial charge in [0.1, 0.15) is 17.6 Å². The monoisotopic (exact) mass is 609 g/mol. The van der Waals surface area contributed by atoms with Crippen LogP contribution in [0.3, 0.4) is 0 Å². The molecule has 1 heterocycles. The first kappa shape index (κ1) is 33.3. The fourth-order valence-electron chi connectivity index (χ4n) is 6.34. The molecule has 2 aromatic rings. The Bertz CT molecular complexity index is 1330. The molecule has 4 rings (SSSR count). The van der Waals surface area contributed by atoms with Gasteiger partial charge in [-0.1, -0.05) is 39.7 Å². The van der Waals surface area contributed by atoms with E-state index < -0.39 is 23.7 Å². The molecule has 4 atom stereocenters. The Kier molecular flexibility index (Phi) is 11.3. The molecule has 3 amide bonds. The van der Waals surface area contributed by atoms with Crippen molar-refractivity contribution in [3.8, 4) is 0 Å². The SMILES string of the molecule is CCC(=O)N[C@@H](C(=O)N[C@@H](C)C1CC1)[C@@H](C)c1ccc(NC(=O)[C@@H](CC(=O)c2ccnn2CC)C2CCC(C)CC2)c(F)c1. The van der Waals surface area contributed by atoms with Gasteiger partial charge in [-0.25, -0.2) is 4.39 Å². The summed E-state index contributed by atoms with van der Waals surface area (Å²) < 4.78 is 17.2. The average molecular weight is 610 g/mol. The quantitative estimate of drug-likeness (QED) is 0.241. The Balaban J connectivity index is 1.50. The number of halogens is 1. The highest BCUT2D eigenvalue weighted by Gasteiger charge is 2.35. The maximum atomic E-state index is 15.5. The molecule has 10 heteroatoms. The lowest BCUT2D eigenvalue weighted by Crippen LogP contribution is -2.51. The molecule has 0 radical (unpaired) electrons. The first-order chi connectivity index (χ1) is 21.0. The number of rotatable bonds is 14. The molecule has 0 aliphatic heterocycles. The number of benzene rings is 1. The van der Waals surface area contributed by atoms with Gasteiger partial charge in [-0.05, 0) is 81.0 Å². The molecule has 0 spiro atoms. The molecule has 1 aromatic heterocycles. The van der Waals surface area contributed by atoms with Crippen LogP contribution >= 0.6 is 0 Å². The number of carbonyl (C=O) groups excluding carboxylic acids is 4. The van der Waals surface area contributed by atoms with Gasteiger partial charge in [-0.3, -0.25) is 23.9 Å². The van der Waals surface area contributed by atoms with E-state index in [-0.39, 0.29) is 54.0 Å². The largest absolute Gasteiger partial charge is 0.352 e. The zero-order chi connectivity index (χ0) is 32.0. The highest BCUT2D eigenvalue weighted by molar-refractivity contribution is 6.00. The highest BCUT2D eigenvalue weighted by atomic mass is 19.1. The lowest BCUT2D eigenvalue weighted by Gasteiger charge is -2.32. The summed E-state index contributed by atoms with van der Waals surface area (Å²) in [6.07, 6.45) is 7.62. The van der Waals surface area contributed by atoms with Crippen molar-refractivity contribution >= 4 is 29.2 Å². The third-order valence-corrected chi connectivity index (χ3v) is 9.57. The molecule has 2 aliphatic rings. The third-order valence-electron chi connectivity index (χ3n) is 9.57. The molecule has 1 aromatic carbocycles. The van der Waals surface area contributed by atoms with E-state index in [1.54, 1.807) is 36.9 Å². The van der Waals surface area contributed by atoms with E-state index in [2.05, 4.69) is 28.0 Å². The predicted octanol–water partition coefficient (Wildman–Crippen LogP) is 5.61. The van der Waals surface area contributed by atoms with Crippen LogP contribution in [0.5, 0.6) is 0 Å². The van der Waals surface area contributed by atoms with Gasteiger partial charge >= 0.3 is 0 Å². The van der Waals surface area contributed by atoms with E-state index in [0.29, 0.717) is 29.6 Å². The number of nitrogens with one attached hydrogen (secondary N) is 3. The van der Waals surface area contributed by atoms with Crippen molar-refractivity contribution in [2.75, 3.05) is 5.32 Å². The normalized spacial score (nSPS) is 21.0. The van der Waals surface area contributed by atoms with Crippen LogP contribution in [-0.4, -0.2) is 45.4 Å². The second-order valence-corrected chi connectivity index (χ2v) is 12.8.